The van der Waals surface area contributed by atoms with Gasteiger partial charge in [0.2, 0.25) is 11.8 Å². The second-order valence-corrected chi connectivity index (χ2v) is 8.05. The molecule has 10 nitrogen and oxygen atoms in total. The van der Waals surface area contributed by atoms with Gasteiger partial charge in [0.15, 0.2) is 0 Å². The van der Waals surface area contributed by atoms with Crippen LogP contribution in [0.1, 0.15) is 39.7 Å². The van der Waals surface area contributed by atoms with Gasteiger partial charge in [0.25, 0.3) is 5.78 Å². The van der Waals surface area contributed by atoms with Gasteiger partial charge in [0.05, 0.1) is 6.54 Å². The van der Waals surface area contributed by atoms with Crippen LogP contribution < -0.4 is 16.0 Å². The number of nitrogens with one attached hydrogen (secondary N) is 3. The van der Waals surface area contributed by atoms with Crippen molar-refractivity contribution >= 4 is 29.9 Å². The Bertz CT molecular complexity index is 834. The van der Waals surface area contributed by atoms with Gasteiger partial charge >= 0.3 is 12.3 Å². The highest BCUT2D eigenvalue weighted by Gasteiger charge is 2.29. The molecule has 3 N–H and O–H groups in total. The number of hydrogen-bond donors (Lipinski definition) is 3. The number of ether oxygens (including phenoxy) is 1. The molecule has 0 aliphatic carbocycles. The Labute approximate surface area is 187 Å². The molecule has 0 saturated carbocycles. The van der Waals surface area contributed by atoms with E-state index < -0.39 is 35.8 Å². The highest BCUT2D eigenvalue weighted by Crippen LogP contribution is 2.09. The molecular formula is C22H31N5O5. The minimum absolute atomic E-state index is 0.0604. The molecule has 0 heterocycles. The zero-order valence-corrected chi connectivity index (χ0v) is 18.8. The Morgan fingerprint density at radius 1 is 1.03 bits per heavy atom. The van der Waals surface area contributed by atoms with Crippen LogP contribution in [-0.4, -0.2) is 53.3 Å². The number of carbonyl (C=O) groups is 4. The summed E-state index contributed by atoms with van der Waals surface area (Å²) in [5, 5.41) is 7.60. The predicted octanol–water partition coefficient (Wildman–Crippen LogP) is 1.45. The van der Waals surface area contributed by atoms with Gasteiger partial charge in [-0.1, -0.05) is 58.0 Å². The lowest BCUT2D eigenvalue weighted by molar-refractivity contribution is -0.131. The van der Waals surface area contributed by atoms with Crippen LogP contribution in [0, 0.1) is 11.8 Å². The number of nitrogens with zero attached hydrogens (tertiary/aromatic N) is 2. The first-order chi connectivity index (χ1) is 15.1. The summed E-state index contributed by atoms with van der Waals surface area (Å²) in [6.45, 7) is 6.96. The normalized spacial score (nSPS) is 12.3. The highest BCUT2D eigenvalue weighted by molar-refractivity contribution is 6.26. The maximum absolute atomic E-state index is 12.9. The summed E-state index contributed by atoms with van der Waals surface area (Å²) in [6, 6.07) is 7.29. The first kappa shape index (κ1) is 26.5. The lowest BCUT2D eigenvalue weighted by Crippen LogP contribution is -2.56. The van der Waals surface area contributed by atoms with E-state index in [1.54, 1.807) is 13.8 Å². The molecule has 1 aromatic rings. The zero-order valence-electron chi connectivity index (χ0n) is 18.8. The van der Waals surface area contributed by atoms with E-state index in [-0.39, 0.29) is 25.0 Å². The standard InChI is InChI=1S/C22H31N5O5/c1-14(2)10-18(26-22(31)32-13-16-8-6-5-7-9-16)20(29)27-19(15(3)4)21(30)24-11-17(28)12-25-23/h5-9,12,14-15,18-19H,10-11,13H2,1-4H3,(H,24,30)(H,26,31)(H,27,29)/t18-,19-/m1/s1. The van der Waals surface area contributed by atoms with Crippen molar-refractivity contribution in [3.8, 4) is 0 Å². The molecule has 10 heteroatoms. The molecule has 1 rings (SSSR count). The Kier molecular flexibility index (Phi) is 11.4. The Balaban J connectivity index is 2.75. The van der Waals surface area contributed by atoms with E-state index in [1.165, 1.54) is 0 Å². The molecule has 0 saturated heterocycles. The molecule has 0 aliphatic rings. The summed E-state index contributed by atoms with van der Waals surface area (Å²) in [6.07, 6.45) is 0.269. The molecule has 174 valence electrons. The molecule has 0 aliphatic heterocycles. The lowest BCUT2D eigenvalue weighted by Gasteiger charge is -2.25. The van der Waals surface area contributed by atoms with Gasteiger partial charge in [0.1, 0.15) is 18.7 Å². The second kappa shape index (κ2) is 13.7. The van der Waals surface area contributed by atoms with Crippen molar-refractivity contribution in [2.45, 2.75) is 52.8 Å². The fourth-order valence-corrected chi connectivity index (χ4v) is 2.79. The third kappa shape index (κ3) is 9.99. The first-order valence-electron chi connectivity index (χ1n) is 10.4. The minimum atomic E-state index is -0.932. The van der Waals surface area contributed by atoms with E-state index in [2.05, 4.69) is 20.7 Å². The Hall–Kier alpha value is -3.52. The van der Waals surface area contributed by atoms with Crippen LogP contribution in [-0.2, 0) is 25.7 Å². The van der Waals surface area contributed by atoms with Crippen molar-refractivity contribution in [1.29, 1.82) is 0 Å². The van der Waals surface area contributed by atoms with Crippen molar-refractivity contribution in [3.63, 3.8) is 0 Å². The molecule has 0 fully saturated rings. The van der Waals surface area contributed by atoms with Crippen LogP contribution in [0.15, 0.2) is 30.3 Å². The summed E-state index contributed by atoms with van der Waals surface area (Å²) in [4.78, 5) is 51.6. The van der Waals surface area contributed by atoms with Crippen LogP contribution in [0.25, 0.3) is 5.53 Å². The fraction of sp³-hybridized carbons (Fsp3) is 0.500. The summed E-state index contributed by atoms with van der Waals surface area (Å²) < 4.78 is 5.20. The van der Waals surface area contributed by atoms with E-state index in [9.17, 15) is 19.2 Å². The fourth-order valence-electron chi connectivity index (χ4n) is 2.79. The summed E-state index contributed by atoms with van der Waals surface area (Å²) in [7, 11) is 0. The quantitative estimate of drug-likeness (QED) is 0.253. The number of rotatable bonds is 12. The van der Waals surface area contributed by atoms with Gasteiger partial charge in [0, 0.05) is 0 Å². The monoisotopic (exact) mass is 445 g/mol. The molecule has 1 aromatic carbocycles. The number of ketones is 1. The van der Waals surface area contributed by atoms with Crippen molar-refractivity contribution in [3.05, 3.63) is 41.4 Å². The smallest absolute Gasteiger partial charge is 0.408 e. The van der Waals surface area contributed by atoms with E-state index in [0.29, 0.717) is 12.6 Å². The van der Waals surface area contributed by atoms with E-state index in [0.717, 1.165) is 5.56 Å². The summed E-state index contributed by atoms with van der Waals surface area (Å²) >= 11 is 0. The molecular weight excluding hydrogens is 414 g/mol. The number of amides is 3. The van der Waals surface area contributed by atoms with Gasteiger partial charge < -0.3 is 26.2 Å². The molecule has 2 atom stereocenters. The SMILES string of the molecule is CC(C)C[C@@H](NC(=O)OCc1ccccc1)C(=O)N[C@@H](C(=O)NCC(=O)C=[N+]=[N-])C(C)C. The van der Waals surface area contributed by atoms with Gasteiger partial charge in [-0.3, -0.25) is 14.4 Å². The number of alkyl carbamates (subject to hydrolysis) is 1. The average molecular weight is 446 g/mol. The van der Waals surface area contributed by atoms with E-state index in [1.807, 2.05) is 44.2 Å². The second-order valence-electron chi connectivity index (χ2n) is 8.05. The molecule has 0 bridgehead atoms. The third-order valence-electron chi connectivity index (χ3n) is 4.41. The van der Waals surface area contributed by atoms with Crippen molar-refractivity contribution in [2.24, 2.45) is 11.8 Å². The number of Topliss-reactive ketones (excluding diaryl/α,β-unsaturated/α-hetero) is 1. The lowest BCUT2D eigenvalue weighted by atomic mass is 10.00. The molecule has 0 spiro atoms. The molecule has 0 radical (unpaired) electrons. The van der Waals surface area contributed by atoms with E-state index >= 15 is 0 Å². The van der Waals surface area contributed by atoms with Crippen LogP contribution in [0.2, 0.25) is 0 Å². The number of carbonyl (C=O) groups excluding carboxylic acids is 4. The first-order valence-corrected chi connectivity index (χ1v) is 10.4. The molecule has 0 unspecified atom stereocenters. The van der Waals surface area contributed by atoms with Crippen molar-refractivity contribution in [2.75, 3.05) is 6.54 Å². The maximum Gasteiger partial charge on any atom is 0.408 e. The Morgan fingerprint density at radius 3 is 2.25 bits per heavy atom. The summed E-state index contributed by atoms with van der Waals surface area (Å²) in [5.74, 6) is -1.90. The van der Waals surface area contributed by atoms with Crippen LogP contribution in [0.4, 0.5) is 4.79 Å². The van der Waals surface area contributed by atoms with Crippen molar-refractivity contribution < 1.29 is 28.7 Å². The topological polar surface area (TPSA) is 150 Å². The van der Waals surface area contributed by atoms with Crippen LogP contribution in [0.5, 0.6) is 0 Å². The van der Waals surface area contributed by atoms with Crippen molar-refractivity contribution in [1.82, 2.24) is 16.0 Å². The minimum Gasteiger partial charge on any atom is -0.445 e. The molecule has 3 amide bonds. The molecule has 32 heavy (non-hydrogen) atoms. The maximum atomic E-state index is 12.9. The third-order valence-corrected chi connectivity index (χ3v) is 4.41. The summed E-state index contributed by atoms with van der Waals surface area (Å²) in [5.41, 5.74) is 9.17. The van der Waals surface area contributed by atoms with Gasteiger partial charge in [-0.15, -0.1) is 0 Å². The van der Waals surface area contributed by atoms with Crippen LogP contribution >= 0.6 is 0 Å². The zero-order chi connectivity index (χ0) is 24.1. The highest BCUT2D eigenvalue weighted by atomic mass is 16.5. The van der Waals surface area contributed by atoms with Gasteiger partial charge in [-0.2, -0.15) is 4.79 Å². The van der Waals surface area contributed by atoms with Gasteiger partial charge in [-0.25, -0.2) is 4.79 Å². The predicted molar refractivity (Wildman–Crippen MR) is 117 cm³/mol. The largest absolute Gasteiger partial charge is 0.445 e. The Morgan fingerprint density at radius 2 is 1.69 bits per heavy atom. The average Bonchev–Trinajstić information content (AvgIpc) is 2.74. The number of benzene rings is 1. The van der Waals surface area contributed by atoms with E-state index in [4.69, 9.17) is 10.3 Å². The number of hydrogen-bond acceptors (Lipinski definition) is 5. The van der Waals surface area contributed by atoms with Gasteiger partial charge in [-0.05, 0) is 23.8 Å². The molecule has 0 aromatic heterocycles. The van der Waals surface area contributed by atoms with Crippen LogP contribution in [0.3, 0.4) is 0 Å².